The van der Waals surface area contributed by atoms with E-state index < -0.39 is 0 Å². The van der Waals surface area contributed by atoms with Crippen LogP contribution in [0.25, 0.3) is 4.96 Å². The standard InChI is InChI=1S/C9H8N4O2S/c1-5-7(8-12-11-6(14)4-15-8)13-2-3-16-9(13)10-5/h2-3H,4H2,1H3,(H,11,14). The van der Waals surface area contributed by atoms with Gasteiger partial charge in [-0.05, 0) is 6.92 Å². The Hall–Kier alpha value is -1.89. The van der Waals surface area contributed by atoms with E-state index in [0.717, 1.165) is 16.3 Å². The molecule has 2 aromatic rings. The quantitative estimate of drug-likeness (QED) is 0.784. The first kappa shape index (κ1) is 9.34. The van der Waals surface area contributed by atoms with Crippen LogP contribution in [-0.4, -0.2) is 27.8 Å². The SMILES string of the molecule is Cc1nc2sccn2c1C1=NNC(=O)CO1. The van der Waals surface area contributed by atoms with Crippen molar-refractivity contribution in [1.82, 2.24) is 14.8 Å². The highest BCUT2D eigenvalue weighted by atomic mass is 32.1. The van der Waals surface area contributed by atoms with Gasteiger partial charge in [-0.2, -0.15) is 0 Å². The summed E-state index contributed by atoms with van der Waals surface area (Å²) in [6.07, 6.45) is 1.90. The van der Waals surface area contributed by atoms with Crippen molar-refractivity contribution in [3.8, 4) is 0 Å². The van der Waals surface area contributed by atoms with Crippen molar-refractivity contribution in [2.45, 2.75) is 6.92 Å². The minimum Gasteiger partial charge on any atom is -0.465 e. The predicted octanol–water partition coefficient (Wildman–Crippen LogP) is 0.512. The van der Waals surface area contributed by atoms with E-state index in [1.807, 2.05) is 22.9 Å². The fourth-order valence-electron chi connectivity index (χ4n) is 1.58. The molecule has 2 aromatic heterocycles. The minimum absolute atomic E-state index is 0.00432. The summed E-state index contributed by atoms with van der Waals surface area (Å²) in [7, 11) is 0. The molecule has 3 heterocycles. The zero-order chi connectivity index (χ0) is 11.1. The van der Waals surface area contributed by atoms with Gasteiger partial charge in [0.25, 0.3) is 11.8 Å². The second kappa shape index (κ2) is 3.31. The number of nitrogens with zero attached hydrogens (tertiary/aromatic N) is 3. The molecular formula is C9H8N4O2S. The molecule has 0 bridgehead atoms. The predicted molar refractivity (Wildman–Crippen MR) is 58.4 cm³/mol. The number of hydrazone groups is 1. The number of fused-ring (bicyclic) bond motifs is 1. The van der Waals surface area contributed by atoms with Crippen LogP contribution in [0, 0.1) is 6.92 Å². The number of carbonyl (C=O) groups is 1. The number of imidazole rings is 1. The lowest BCUT2D eigenvalue weighted by molar-refractivity contribution is -0.124. The Labute approximate surface area is 94.6 Å². The molecule has 0 radical (unpaired) electrons. The molecule has 6 nitrogen and oxygen atoms in total. The largest absolute Gasteiger partial charge is 0.465 e. The number of ether oxygens (including phenoxy) is 1. The molecule has 0 saturated carbocycles. The first-order valence-corrected chi connectivity index (χ1v) is 5.55. The Morgan fingerprint density at radius 3 is 3.25 bits per heavy atom. The van der Waals surface area contributed by atoms with Gasteiger partial charge in [0.2, 0.25) is 0 Å². The van der Waals surface area contributed by atoms with Gasteiger partial charge in [0.15, 0.2) is 11.6 Å². The molecular weight excluding hydrogens is 228 g/mol. The number of carbonyl (C=O) groups excluding carboxylic acids is 1. The highest BCUT2D eigenvalue weighted by Crippen LogP contribution is 2.18. The van der Waals surface area contributed by atoms with Crippen molar-refractivity contribution in [2.75, 3.05) is 6.61 Å². The van der Waals surface area contributed by atoms with Gasteiger partial charge < -0.3 is 4.74 Å². The zero-order valence-electron chi connectivity index (χ0n) is 8.43. The van der Waals surface area contributed by atoms with Crippen molar-refractivity contribution in [2.24, 2.45) is 5.10 Å². The van der Waals surface area contributed by atoms with E-state index in [9.17, 15) is 4.79 Å². The number of thiazole rings is 1. The van der Waals surface area contributed by atoms with Gasteiger partial charge in [0.1, 0.15) is 5.69 Å². The summed E-state index contributed by atoms with van der Waals surface area (Å²) in [5.41, 5.74) is 4.01. The molecule has 0 aromatic carbocycles. The second-order valence-electron chi connectivity index (χ2n) is 3.34. The zero-order valence-corrected chi connectivity index (χ0v) is 9.24. The average molecular weight is 236 g/mol. The molecule has 0 atom stereocenters. The van der Waals surface area contributed by atoms with Gasteiger partial charge in [0.05, 0.1) is 5.69 Å². The number of aryl methyl sites for hydroxylation is 1. The maximum Gasteiger partial charge on any atom is 0.278 e. The van der Waals surface area contributed by atoms with Crippen molar-refractivity contribution in [3.63, 3.8) is 0 Å². The van der Waals surface area contributed by atoms with E-state index in [4.69, 9.17) is 4.74 Å². The van der Waals surface area contributed by atoms with E-state index >= 15 is 0 Å². The van der Waals surface area contributed by atoms with Crippen LogP contribution in [0.1, 0.15) is 11.4 Å². The third kappa shape index (κ3) is 1.28. The Morgan fingerprint density at radius 2 is 2.50 bits per heavy atom. The first-order valence-electron chi connectivity index (χ1n) is 4.67. The third-order valence-electron chi connectivity index (χ3n) is 2.26. The van der Waals surface area contributed by atoms with Gasteiger partial charge >= 0.3 is 0 Å². The van der Waals surface area contributed by atoms with E-state index in [1.54, 1.807) is 11.3 Å². The van der Waals surface area contributed by atoms with E-state index in [2.05, 4.69) is 15.5 Å². The summed E-state index contributed by atoms with van der Waals surface area (Å²) in [4.78, 5) is 16.2. The summed E-state index contributed by atoms with van der Waals surface area (Å²) in [5, 5.41) is 5.82. The number of rotatable bonds is 1. The first-order chi connectivity index (χ1) is 7.75. The number of hydrogen-bond donors (Lipinski definition) is 1. The highest BCUT2D eigenvalue weighted by Gasteiger charge is 2.21. The number of hydrogen-bond acceptors (Lipinski definition) is 5. The molecule has 3 rings (SSSR count). The Kier molecular flexibility index (Phi) is 1.93. The fraction of sp³-hybridized carbons (Fsp3) is 0.222. The topological polar surface area (TPSA) is 68.0 Å². The summed E-state index contributed by atoms with van der Waals surface area (Å²) in [6.45, 7) is 1.88. The number of aromatic nitrogens is 2. The van der Waals surface area contributed by atoms with Crippen molar-refractivity contribution >= 4 is 28.1 Å². The molecule has 1 amide bonds. The maximum absolute atomic E-state index is 10.9. The van der Waals surface area contributed by atoms with Crippen LogP contribution in [-0.2, 0) is 9.53 Å². The normalized spacial score (nSPS) is 15.8. The molecule has 0 saturated heterocycles. The van der Waals surface area contributed by atoms with Crippen molar-refractivity contribution in [3.05, 3.63) is 23.0 Å². The van der Waals surface area contributed by atoms with Crippen LogP contribution in [0.3, 0.4) is 0 Å². The number of amides is 1. The molecule has 1 aliphatic rings. The molecule has 0 spiro atoms. The lowest BCUT2D eigenvalue weighted by Gasteiger charge is -2.13. The van der Waals surface area contributed by atoms with Crippen LogP contribution >= 0.6 is 11.3 Å². The Bertz CT molecular complexity index is 598. The molecule has 7 heteroatoms. The molecule has 1 N–H and O–H groups in total. The summed E-state index contributed by atoms with van der Waals surface area (Å²) < 4.78 is 7.17. The smallest absolute Gasteiger partial charge is 0.278 e. The van der Waals surface area contributed by atoms with Gasteiger partial charge in [-0.1, -0.05) is 0 Å². The number of nitrogens with one attached hydrogen (secondary N) is 1. The molecule has 1 aliphatic heterocycles. The monoisotopic (exact) mass is 236 g/mol. The lowest BCUT2D eigenvalue weighted by atomic mass is 10.3. The van der Waals surface area contributed by atoms with Crippen molar-refractivity contribution in [1.29, 1.82) is 0 Å². The van der Waals surface area contributed by atoms with Crippen LogP contribution in [0.4, 0.5) is 0 Å². The highest BCUT2D eigenvalue weighted by molar-refractivity contribution is 7.15. The van der Waals surface area contributed by atoms with E-state index in [-0.39, 0.29) is 12.5 Å². The second-order valence-corrected chi connectivity index (χ2v) is 4.22. The summed E-state index contributed by atoms with van der Waals surface area (Å²) in [5.74, 6) is 0.162. The molecule has 0 unspecified atom stereocenters. The van der Waals surface area contributed by atoms with Crippen LogP contribution in [0.15, 0.2) is 16.7 Å². The van der Waals surface area contributed by atoms with E-state index in [1.165, 1.54) is 0 Å². The summed E-state index contributed by atoms with van der Waals surface area (Å²) >= 11 is 1.54. The van der Waals surface area contributed by atoms with Crippen LogP contribution < -0.4 is 5.43 Å². The van der Waals surface area contributed by atoms with Crippen LogP contribution in [0.5, 0.6) is 0 Å². The maximum atomic E-state index is 10.9. The van der Waals surface area contributed by atoms with Gasteiger partial charge in [0, 0.05) is 11.6 Å². The summed E-state index contributed by atoms with van der Waals surface area (Å²) in [6, 6.07) is 0. The average Bonchev–Trinajstić information content (AvgIpc) is 2.79. The minimum atomic E-state index is -0.243. The molecule has 0 fully saturated rings. The van der Waals surface area contributed by atoms with Gasteiger partial charge in [-0.15, -0.1) is 16.4 Å². The van der Waals surface area contributed by atoms with Gasteiger partial charge in [-0.25, -0.2) is 10.4 Å². The Morgan fingerprint density at radius 1 is 1.62 bits per heavy atom. The molecule has 0 aliphatic carbocycles. The molecule has 16 heavy (non-hydrogen) atoms. The van der Waals surface area contributed by atoms with Gasteiger partial charge in [-0.3, -0.25) is 9.20 Å². The van der Waals surface area contributed by atoms with Crippen LogP contribution in [0.2, 0.25) is 0 Å². The lowest BCUT2D eigenvalue weighted by Crippen LogP contribution is -2.32. The third-order valence-corrected chi connectivity index (χ3v) is 3.02. The molecule has 82 valence electrons. The van der Waals surface area contributed by atoms with Crippen molar-refractivity contribution < 1.29 is 9.53 Å². The Balaban J connectivity index is 2.14. The fourth-order valence-corrected chi connectivity index (χ4v) is 2.34. The van der Waals surface area contributed by atoms with E-state index in [0.29, 0.717) is 5.90 Å².